The Balaban J connectivity index is 2.14. The lowest BCUT2D eigenvalue weighted by Gasteiger charge is -2.35. The molecule has 2 atom stereocenters. The van der Waals surface area contributed by atoms with Gasteiger partial charge in [0.25, 0.3) is 0 Å². The Kier molecular flexibility index (Phi) is 7.34. The molecule has 1 unspecified atom stereocenters. The van der Waals surface area contributed by atoms with Crippen molar-refractivity contribution in [2.75, 3.05) is 20.8 Å². The van der Waals surface area contributed by atoms with Crippen LogP contribution in [0.4, 0.5) is 0 Å². The molecule has 1 aromatic rings. The number of ether oxygens (including phenoxy) is 3. The van der Waals surface area contributed by atoms with Crippen LogP contribution in [-0.2, 0) is 14.3 Å². The third-order valence-corrected chi connectivity index (χ3v) is 6.36. The van der Waals surface area contributed by atoms with Crippen molar-refractivity contribution >= 4 is 33.4 Å². The zero-order valence-corrected chi connectivity index (χ0v) is 19.5. The molecule has 1 aliphatic carbocycles. The molecule has 0 fully saturated rings. The van der Waals surface area contributed by atoms with Crippen molar-refractivity contribution in [2.24, 2.45) is 10.9 Å². The van der Waals surface area contributed by atoms with E-state index in [0.717, 1.165) is 41.4 Å². The monoisotopic (exact) mass is 477 g/mol. The van der Waals surface area contributed by atoms with Crippen LogP contribution in [0.5, 0.6) is 11.5 Å². The van der Waals surface area contributed by atoms with Gasteiger partial charge in [-0.3, -0.25) is 14.6 Å². The molecule has 30 heavy (non-hydrogen) atoms. The Bertz CT molecular complexity index is 905. The highest BCUT2D eigenvalue weighted by molar-refractivity contribution is 9.10. The first-order valence-corrected chi connectivity index (χ1v) is 11.1. The maximum atomic E-state index is 13.1. The number of allylic oxidation sites excluding steroid dienone is 2. The van der Waals surface area contributed by atoms with Crippen LogP contribution in [0.3, 0.4) is 0 Å². The van der Waals surface area contributed by atoms with Gasteiger partial charge in [0.05, 0.1) is 20.8 Å². The predicted octanol–water partition coefficient (Wildman–Crippen LogP) is 4.99. The second-order valence-electron chi connectivity index (χ2n) is 7.60. The van der Waals surface area contributed by atoms with Gasteiger partial charge in [-0.25, -0.2) is 0 Å². The number of halogens is 1. The molecule has 1 aliphatic heterocycles. The fourth-order valence-corrected chi connectivity index (χ4v) is 4.73. The fourth-order valence-electron chi connectivity index (χ4n) is 4.16. The minimum absolute atomic E-state index is 0.0468. The van der Waals surface area contributed by atoms with Crippen LogP contribution in [0.15, 0.2) is 32.9 Å². The standard InChI is InChI=1S/C23H28BrNO5/c1-5-6-10-30-23(27)20-13(2)25-16-8-7-9-17(26)22(16)21(20)14-11-18(28-3)19(29-4)12-15(14)24/h11-12,20-21H,5-10H2,1-4H3/t20?,21-/m1/s1. The summed E-state index contributed by atoms with van der Waals surface area (Å²) in [7, 11) is 3.14. The SMILES string of the molecule is CCCCOC(=O)C1C(C)=NC2=C(C(=O)CCC2)[C@@H]1c1cc(OC)c(OC)cc1Br. The molecular formula is C23H28BrNO5. The van der Waals surface area contributed by atoms with Crippen LogP contribution >= 0.6 is 15.9 Å². The normalized spacial score (nSPS) is 21.1. The highest BCUT2D eigenvalue weighted by Gasteiger charge is 2.44. The molecule has 6 nitrogen and oxygen atoms in total. The minimum atomic E-state index is -0.656. The molecule has 0 amide bonds. The quantitative estimate of drug-likeness (QED) is 0.408. The Morgan fingerprint density at radius 3 is 2.57 bits per heavy atom. The van der Waals surface area contributed by atoms with Crippen LogP contribution < -0.4 is 9.47 Å². The number of hydrogen-bond donors (Lipinski definition) is 0. The van der Waals surface area contributed by atoms with Crippen LogP contribution in [0, 0.1) is 5.92 Å². The van der Waals surface area contributed by atoms with E-state index in [2.05, 4.69) is 20.9 Å². The van der Waals surface area contributed by atoms with Gasteiger partial charge in [-0.2, -0.15) is 0 Å². The number of nitrogens with zero attached hydrogens (tertiary/aromatic N) is 1. The first-order chi connectivity index (χ1) is 14.4. The van der Waals surface area contributed by atoms with Crippen molar-refractivity contribution in [3.8, 4) is 11.5 Å². The number of aliphatic imine (C=N–C) groups is 1. The summed E-state index contributed by atoms with van der Waals surface area (Å²) in [6, 6.07) is 3.65. The van der Waals surface area contributed by atoms with E-state index >= 15 is 0 Å². The predicted molar refractivity (Wildman–Crippen MR) is 118 cm³/mol. The lowest BCUT2D eigenvalue weighted by molar-refractivity contribution is -0.146. The number of carbonyl (C=O) groups excluding carboxylic acids is 2. The lowest BCUT2D eigenvalue weighted by atomic mass is 9.71. The molecule has 0 bridgehead atoms. The number of benzene rings is 1. The van der Waals surface area contributed by atoms with Gasteiger partial charge in [0.1, 0.15) is 5.92 Å². The lowest BCUT2D eigenvalue weighted by Crippen LogP contribution is -2.37. The van der Waals surface area contributed by atoms with E-state index in [9.17, 15) is 9.59 Å². The van der Waals surface area contributed by atoms with Crippen LogP contribution in [0.1, 0.15) is 57.4 Å². The van der Waals surface area contributed by atoms with Gasteiger partial charge in [-0.15, -0.1) is 0 Å². The van der Waals surface area contributed by atoms with Gasteiger partial charge >= 0.3 is 5.97 Å². The highest BCUT2D eigenvalue weighted by atomic mass is 79.9. The highest BCUT2D eigenvalue weighted by Crippen LogP contribution is 2.47. The van der Waals surface area contributed by atoms with E-state index in [4.69, 9.17) is 14.2 Å². The maximum absolute atomic E-state index is 13.1. The molecule has 162 valence electrons. The van der Waals surface area contributed by atoms with Crippen molar-refractivity contribution < 1.29 is 23.8 Å². The summed E-state index contributed by atoms with van der Waals surface area (Å²) in [5, 5.41) is 0. The third kappa shape index (κ3) is 4.31. The zero-order valence-electron chi connectivity index (χ0n) is 17.9. The Hall–Kier alpha value is -2.15. The summed E-state index contributed by atoms with van der Waals surface area (Å²) >= 11 is 3.62. The Labute approximate surface area is 185 Å². The molecule has 2 aliphatic rings. The molecule has 7 heteroatoms. The number of rotatable bonds is 7. The van der Waals surface area contributed by atoms with Crippen LogP contribution in [-0.4, -0.2) is 38.3 Å². The third-order valence-electron chi connectivity index (χ3n) is 5.67. The molecule has 1 aromatic carbocycles. The van der Waals surface area contributed by atoms with Crippen LogP contribution in [0.2, 0.25) is 0 Å². The van der Waals surface area contributed by atoms with Crippen molar-refractivity contribution in [3.05, 3.63) is 33.4 Å². The first kappa shape index (κ1) is 22.5. The molecular weight excluding hydrogens is 450 g/mol. The van der Waals surface area contributed by atoms with Gasteiger partial charge in [0.2, 0.25) is 0 Å². The number of methoxy groups -OCH3 is 2. The van der Waals surface area contributed by atoms with Gasteiger partial charge in [0, 0.05) is 33.8 Å². The number of unbranched alkanes of at least 4 members (excludes halogenated alkanes) is 1. The zero-order chi connectivity index (χ0) is 21.8. The largest absolute Gasteiger partial charge is 0.493 e. The van der Waals surface area contributed by atoms with E-state index in [1.807, 2.05) is 26.0 Å². The van der Waals surface area contributed by atoms with Gasteiger partial charge in [-0.05, 0) is 43.9 Å². The fraction of sp³-hybridized carbons (Fsp3) is 0.522. The molecule has 3 rings (SSSR count). The number of hydrogen-bond acceptors (Lipinski definition) is 6. The number of esters is 1. The second-order valence-corrected chi connectivity index (χ2v) is 8.45. The second kappa shape index (κ2) is 9.77. The minimum Gasteiger partial charge on any atom is -0.493 e. The van der Waals surface area contributed by atoms with Crippen molar-refractivity contribution in [1.29, 1.82) is 0 Å². The maximum Gasteiger partial charge on any atom is 0.315 e. The van der Waals surface area contributed by atoms with E-state index in [-0.39, 0.29) is 11.8 Å². The van der Waals surface area contributed by atoms with E-state index < -0.39 is 11.8 Å². The molecule has 0 N–H and O–H groups in total. The summed E-state index contributed by atoms with van der Waals surface area (Å²) < 4.78 is 17.2. The van der Waals surface area contributed by atoms with Gasteiger partial charge in [0.15, 0.2) is 17.3 Å². The molecule has 0 radical (unpaired) electrons. The summed E-state index contributed by atoms with van der Waals surface area (Å²) in [4.78, 5) is 30.8. The summed E-state index contributed by atoms with van der Waals surface area (Å²) in [6.07, 6.45) is 3.71. The average molecular weight is 478 g/mol. The van der Waals surface area contributed by atoms with Crippen LogP contribution in [0.25, 0.3) is 0 Å². The average Bonchev–Trinajstić information content (AvgIpc) is 2.72. The number of ketones is 1. The molecule has 0 saturated carbocycles. The molecule has 1 heterocycles. The van der Waals surface area contributed by atoms with Crippen molar-refractivity contribution in [2.45, 2.75) is 51.9 Å². The van der Waals surface area contributed by atoms with Gasteiger partial charge in [-0.1, -0.05) is 29.3 Å². The van der Waals surface area contributed by atoms with Crippen molar-refractivity contribution in [1.82, 2.24) is 0 Å². The smallest absolute Gasteiger partial charge is 0.315 e. The van der Waals surface area contributed by atoms with E-state index in [1.54, 1.807) is 14.2 Å². The molecule has 0 aromatic heterocycles. The first-order valence-electron chi connectivity index (χ1n) is 10.3. The summed E-state index contributed by atoms with van der Waals surface area (Å²) in [6.45, 7) is 4.25. The molecule has 0 saturated heterocycles. The van der Waals surface area contributed by atoms with E-state index in [1.165, 1.54) is 0 Å². The number of Topliss-reactive ketones (excluding diaryl/α,β-unsaturated/α-hetero) is 1. The topological polar surface area (TPSA) is 74.2 Å². The number of carbonyl (C=O) groups is 2. The van der Waals surface area contributed by atoms with E-state index in [0.29, 0.717) is 35.8 Å². The van der Waals surface area contributed by atoms with Crippen molar-refractivity contribution in [3.63, 3.8) is 0 Å². The Morgan fingerprint density at radius 2 is 1.90 bits per heavy atom. The summed E-state index contributed by atoms with van der Waals surface area (Å²) in [5.41, 5.74) is 2.88. The molecule has 0 spiro atoms. The summed E-state index contributed by atoms with van der Waals surface area (Å²) in [5.74, 6) is -0.322. The van der Waals surface area contributed by atoms with Gasteiger partial charge < -0.3 is 14.2 Å². The Morgan fingerprint density at radius 1 is 1.20 bits per heavy atom.